The molecule has 0 aromatic carbocycles. The Labute approximate surface area is 122 Å². The first-order valence-electron chi connectivity index (χ1n) is 6.86. The molecular weight excluding hydrogens is 276 g/mol. The van der Waals surface area contributed by atoms with E-state index in [1.54, 1.807) is 0 Å². The molecule has 1 aliphatic rings. The van der Waals surface area contributed by atoms with Crippen molar-refractivity contribution in [2.45, 2.75) is 6.42 Å². The van der Waals surface area contributed by atoms with Crippen molar-refractivity contribution in [1.82, 2.24) is 9.88 Å². The minimum Gasteiger partial charge on any atom is -0.379 e. The summed E-state index contributed by atoms with van der Waals surface area (Å²) in [4.78, 5) is 16.8. The van der Waals surface area contributed by atoms with Crippen LogP contribution in [0.15, 0.2) is 12.1 Å². The number of nitrogen functional groups attached to an aromatic ring is 1. The van der Waals surface area contributed by atoms with Gasteiger partial charge in [-0.05, 0) is 13.0 Å². The molecule has 0 unspecified atom stereocenters. The number of anilines is 2. The number of nitro groups is 1. The van der Waals surface area contributed by atoms with Crippen molar-refractivity contribution in [3.8, 4) is 0 Å². The Morgan fingerprint density at radius 1 is 1.38 bits per heavy atom. The third-order valence-corrected chi connectivity index (χ3v) is 3.23. The predicted molar refractivity (Wildman–Crippen MR) is 79.1 cm³/mol. The summed E-state index contributed by atoms with van der Waals surface area (Å²) in [6.07, 6.45) is 0.926. The zero-order valence-corrected chi connectivity index (χ0v) is 11.7. The number of nitrogens with two attached hydrogens (primary N) is 1. The molecule has 0 radical (unpaired) electrons. The molecule has 0 saturated carbocycles. The van der Waals surface area contributed by atoms with E-state index < -0.39 is 4.92 Å². The first-order valence-corrected chi connectivity index (χ1v) is 6.86. The average Bonchev–Trinajstić information content (AvgIpc) is 2.52. The minimum atomic E-state index is -0.471. The van der Waals surface area contributed by atoms with E-state index in [1.807, 2.05) is 0 Å². The van der Waals surface area contributed by atoms with Crippen LogP contribution >= 0.6 is 0 Å². The van der Waals surface area contributed by atoms with E-state index in [9.17, 15) is 10.1 Å². The van der Waals surface area contributed by atoms with E-state index in [4.69, 9.17) is 10.6 Å². The summed E-state index contributed by atoms with van der Waals surface area (Å²) in [5.74, 6) is 5.97. The molecule has 1 aliphatic heterocycles. The molecule has 116 valence electrons. The van der Waals surface area contributed by atoms with E-state index in [0.29, 0.717) is 12.4 Å². The summed E-state index contributed by atoms with van der Waals surface area (Å²) in [6.45, 7) is 5.13. The zero-order chi connectivity index (χ0) is 15.1. The smallest absolute Gasteiger partial charge is 0.276 e. The molecular formula is C12H20N6O3. The van der Waals surface area contributed by atoms with Gasteiger partial charge in [0, 0.05) is 19.6 Å². The lowest BCUT2D eigenvalue weighted by atomic mass is 10.3. The summed E-state index contributed by atoms with van der Waals surface area (Å²) < 4.78 is 5.29. The average molecular weight is 296 g/mol. The lowest BCUT2D eigenvalue weighted by Crippen LogP contribution is -2.37. The van der Waals surface area contributed by atoms with Gasteiger partial charge in [-0.25, -0.2) is 10.8 Å². The van der Waals surface area contributed by atoms with Crippen LogP contribution in [0.2, 0.25) is 0 Å². The fraction of sp³-hybridized carbons (Fsp3) is 0.583. The van der Waals surface area contributed by atoms with Gasteiger partial charge in [-0.15, -0.1) is 0 Å². The van der Waals surface area contributed by atoms with Gasteiger partial charge in [0.2, 0.25) is 0 Å². The van der Waals surface area contributed by atoms with E-state index >= 15 is 0 Å². The number of hydrogen-bond donors (Lipinski definition) is 3. The molecule has 9 heteroatoms. The van der Waals surface area contributed by atoms with Crippen molar-refractivity contribution in [1.29, 1.82) is 0 Å². The van der Waals surface area contributed by atoms with Crippen molar-refractivity contribution >= 4 is 17.3 Å². The molecule has 1 fully saturated rings. The van der Waals surface area contributed by atoms with Gasteiger partial charge in [0.25, 0.3) is 5.69 Å². The number of aromatic nitrogens is 1. The van der Waals surface area contributed by atoms with Crippen LogP contribution in [-0.4, -0.2) is 54.2 Å². The fourth-order valence-corrected chi connectivity index (χ4v) is 2.13. The van der Waals surface area contributed by atoms with Crippen LogP contribution in [0.5, 0.6) is 0 Å². The van der Waals surface area contributed by atoms with Crippen LogP contribution in [0.3, 0.4) is 0 Å². The maximum Gasteiger partial charge on any atom is 0.276 e. The van der Waals surface area contributed by atoms with Crippen molar-refractivity contribution in [2.75, 3.05) is 50.1 Å². The number of hydrogen-bond acceptors (Lipinski definition) is 8. The second-order valence-electron chi connectivity index (χ2n) is 4.73. The van der Waals surface area contributed by atoms with Gasteiger partial charge < -0.3 is 15.5 Å². The van der Waals surface area contributed by atoms with Gasteiger partial charge in [0.15, 0.2) is 0 Å². The summed E-state index contributed by atoms with van der Waals surface area (Å²) in [5, 5.41) is 13.9. The highest BCUT2D eigenvalue weighted by molar-refractivity contribution is 5.54. The zero-order valence-electron chi connectivity index (χ0n) is 11.7. The molecule has 2 rings (SSSR count). The molecule has 0 amide bonds. The molecule has 0 atom stereocenters. The molecule has 1 aromatic rings. The van der Waals surface area contributed by atoms with E-state index in [0.717, 1.165) is 39.3 Å². The van der Waals surface area contributed by atoms with Gasteiger partial charge in [-0.2, -0.15) is 0 Å². The normalized spacial score (nSPS) is 15.7. The molecule has 0 bridgehead atoms. The topological polar surface area (TPSA) is 119 Å². The molecule has 4 N–H and O–H groups in total. The number of rotatable bonds is 7. The third kappa shape index (κ3) is 4.81. The number of pyridine rings is 1. The standard InChI is InChI=1S/C12H20N6O3/c13-16-12-9-10(18(19)20)8-11(15-12)14-2-1-3-17-4-6-21-7-5-17/h8-9H,1-7,13H2,(H2,14,15,16). The Bertz CT molecular complexity index is 478. The van der Waals surface area contributed by atoms with Crippen LogP contribution in [0.25, 0.3) is 0 Å². The summed E-state index contributed by atoms with van der Waals surface area (Å²) >= 11 is 0. The summed E-state index contributed by atoms with van der Waals surface area (Å²) in [7, 11) is 0. The number of nitrogens with zero attached hydrogens (tertiary/aromatic N) is 3. The second kappa shape index (κ2) is 7.72. The highest BCUT2D eigenvalue weighted by Gasteiger charge is 2.11. The maximum atomic E-state index is 10.8. The molecule has 1 aromatic heterocycles. The van der Waals surface area contributed by atoms with E-state index in [-0.39, 0.29) is 11.5 Å². The SMILES string of the molecule is NNc1cc([N+](=O)[O-])cc(NCCCN2CCOCC2)n1. The third-order valence-electron chi connectivity index (χ3n) is 3.23. The lowest BCUT2D eigenvalue weighted by Gasteiger charge is -2.26. The van der Waals surface area contributed by atoms with Gasteiger partial charge in [0.1, 0.15) is 11.6 Å². The molecule has 21 heavy (non-hydrogen) atoms. The molecule has 0 spiro atoms. The van der Waals surface area contributed by atoms with Crippen molar-refractivity contribution in [2.24, 2.45) is 5.84 Å². The number of ether oxygens (including phenoxy) is 1. The van der Waals surface area contributed by atoms with Gasteiger partial charge in [-0.1, -0.05) is 0 Å². The summed E-state index contributed by atoms with van der Waals surface area (Å²) in [5.41, 5.74) is 2.28. The number of hydrazine groups is 1. The Hall–Kier alpha value is -1.97. The monoisotopic (exact) mass is 296 g/mol. The molecule has 1 saturated heterocycles. The highest BCUT2D eigenvalue weighted by atomic mass is 16.6. The minimum absolute atomic E-state index is 0.0476. The first-order chi connectivity index (χ1) is 10.2. The van der Waals surface area contributed by atoms with E-state index in [2.05, 4.69) is 20.6 Å². The number of morpholine rings is 1. The maximum absolute atomic E-state index is 10.8. The molecule has 2 heterocycles. The van der Waals surface area contributed by atoms with Crippen molar-refractivity contribution in [3.05, 3.63) is 22.2 Å². The number of nitrogens with one attached hydrogen (secondary N) is 2. The van der Waals surface area contributed by atoms with Crippen molar-refractivity contribution < 1.29 is 9.66 Å². The van der Waals surface area contributed by atoms with Crippen LogP contribution in [0.4, 0.5) is 17.3 Å². The molecule has 0 aliphatic carbocycles. The van der Waals surface area contributed by atoms with Gasteiger partial charge in [0.05, 0.1) is 30.3 Å². The largest absolute Gasteiger partial charge is 0.379 e. The second-order valence-corrected chi connectivity index (χ2v) is 4.73. The van der Waals surface area contributed by atoms with Gasteiger partial charge >= 0.3 is 0 Å². The van der Waals surface area contributed by atoms with Gasteiger partial charge in [-0.3, -0.25) is 15.0 Å². The fourth-order valence-electron chi connectivity index (χ4n) is 2.13. The first kappa shape index (κ1) is 15.4. The lowest BCUT2D eigenvalue weighted by molar-refractivity contribution is -0.384. The Kier molecular flexibility index (Phi) is 5.67. The van der Waals surface area contributed by atoms with Crippen LogP contribution in [0, 0.1) is 10.1 Å². The van der Waals surface area contributed by atoms with Crippen molar-refractivity contribution in [3.63, 3.8) is 0 Å². The van der Waals surface area contributed by atoms with Crippen LogP contribution in [-0.2, 0) is 4.74 Å². The van der Waals surface area contributed by atoms with E-state index in [1.165, 1.54) is 12.1 Å². The Balaban J connectivity index is 1.81. The highest BCUT2D eigenvalue weighted by Crippen LogP contribution is 2.19. The summed E-state index contributed by atoms with van der Waals surface area (Å²) in [6, 6.07) is 2.69. The Morgan fingerprint density at radius 2 is 2.10 bits per heavy atom. The predicted octanol–water partition coefficient (Wildman–Crippen LogP) is 0.410. The molecule has 9 nitrogen and oxygen atoms in total. The quantitative estimate of drug-likeness (QED) is 0.286. The van der Waals surface area contributed by atoms with Crippen LogP contribution < -0.4 is 16.6 Å². The van der Waals surface area contributed by atoms with Crippen LogP contribution in [0.1, 0.15) is 6.42 Å². The Morgan fingerprint density at radius 3 is 2.76 bits per heavy atom.